The number of H-pyrrole nitrogens is 1. The predicted molar refractivity (Wildman–Crippen MR) is 117 cm³/mol. The molecule has 1 saturated heterocycles. The molecule has 8 heteroatoms. The van der Waals surface area contributed by atoms with Crippen molar-refractivity contribution < 1.29 is 14.3 Å². The summed E-state index contributed by atoms with van der Waals surface area (Å²) in [7, 11) is 0. The summed E-state index contributed by atoms with van der Waals surface area (Å²) >= 11 is 2.44. The number of aliphatic hydroxyl groups excluding tert-OH is 1. The van der Waals surface area contributed by atoms with Crippen LogP contribution >= 0.6 is 23.5 Å². The van der Waals surface area contributed by atoms with Gasteiger partial charge in [0, 0.05) is 10.9 Å². The second kappa shape index (κ2) is 7.93. The number of imidazole rings is 1. The van der Waals surface area contributed by atoms with Gasteiger partial charge in [0.25, 0.3) is 5.24 Å². The summed E-state index contributed by atoms with van der Waals surface area (Å²) in [4.78, 5) is 22.0. The van der Waals surface area contributed by atoms with E-state index in [4.69, 9.17) is 4.42 Å². The van der Waals surface area contributed by atoms with Crippen molar-refractivity contribution in [3.05, 3.63) is 46.6 Å². The van der Waals surface area contributed by atoms with Crippen molar-refractivity contribution >= 4 is 45.9 Å². The van der Waals surface area contributed by atoms with E-state index >= 15 is 0 Å². The predicted octanol–water partition coefficient (Wildman–Crippen LogP) is 5.67. The molecule has 1 aliphatic rings. The van der Waals surface area contributed by atoms with Crippen LogP contribution in [0.5, 0.6) is 0 Å². The van der Waals surface area contributed by atoms with Crippen LogP contribution in [-0.4, -0.2) is 37.5 Å². The number of nitrogens with zero attached hydrogens (tertiary/aromatic N) is 2. The molecule has 29 heavy (non-hydrogen) atoms. The fourth-order valence-electron chi connectivity index (χ4n) is 3.15. The lowest BCUT2D eigenvalue weighted by Gasteiger charge is -2.23. The van der Waals surface area contributed by atoms with Crippen molar-refractivity contribution in [2.24, 2.45) is 0 Å². The SMILES string of the molecule is CC(C)c1ccc2nc(Sc3ccc(/C=C4\SC(=O)N(C(C)C)C4O)o3)[nH]c2c1. The summed E-state index contributed by atoms with van der Waals surface area (Å²) in [5, 5.41) is 11.7. The summed E-state index contributed by atoms with van der Waals surface area (Å²) in [6, 6.07) is 9.88. The molecular weight excluding hydrogens is 406 g/mol. The maximum atomic E-state index is 12.1. The van der Waals surface area contributed by atoms with E-state index in [0.717, 1.165) is 28.0 Å². The van der Waals surface area contributed by atoms with E-state index in [-0.39, 0.29) is 11.3 Å². The molecule has 3 heterocycles. The van der Waals surface area contributed by atoms with E-state index in [1.165, 1.54) is 22.2 Å². The number of rotatable bonds is 5. The minimum atomic E-state index is -0.931. The molecule has 2 aromatic heterocycles. The molecule has 1 atom stereocenters. The number of amides is 1. The first-order valence-corrected chi connectivity index (χ1v) is 11.1. The standard InChI is InChI=1S/C21H23N3O3S2/c1-11(2)13-5-7-15-16(9-13)23-20(22-15)29-18-8-6-14(27-18)10-17-19(25)24(12(3)4)21(26)28-17/h5-12,19,25H,1-4H3,(H,22,23)/b17-10-. The summed E-state index contributed by atoms with van der Waals surface area (Å²) in [6.45, 7) is 8.09. The average molecular weight is 430 g/mol. The lowest BCUT2D eigenvalue weighted by molar-refractivity contribution is 0.0624. The van der Waals surface area contributed by atoms with E-state index in [0.29, 0.717) is 21.7 Å². The van der Waals surface area contributed by atoms with Gasteiger partial charge in [-0.2, -0.15) is 0 Å². The zero-order chi connectivity index (χ0) is 20.7. The number of thioether (sulfide) groups is 1. The van der Waals surface area contributed by atoms with E-state index in [1.54, 1.807) is 6.08 Å². The topological polar surface area (TPSA) is 82.4 Å². The average Bonchev–Trinajstić information content (AvgIpc) is 3.32. The highest BCUT2D eigenvalue weighted by Gasteiger charge is 2.36. The van der Waals surface area contributed by atoms with Gasteiger partial charge < -0.3 is 19.4 Å². The van der Waals surface area contributed by atoms with Crippen LogP contribution in [0.15, 0.2) is 49.9 Å². The molecule has 1 amide bonds. The molecule has 152 valence electrons. The number of furan rings is 1. The zero-order valence-corrected chi connectivity index (χ0v) is 18.3. The Balaban J connectivity index is 1.51. The highest BCUT2D eigenvalue weighted by Crippen LogP contribution is 2.37. The molecule has 1 aromatic carbocycles. The molecule has 0 radical (unpaired) electrons. The number of carbonyl (C=O) groups is 1. The van der Waals surface area contributed by atoms with Gasteiger partial charge in [-0.05, 0) is 79.2 Å². The number of nitrogens with one attached hydrogen (secondary N) is 1. The van der Waals surface area contributed by atoms with Gasteiger partial charge in [-0.25, -0.2) is 4.98 Å². The van der Waals surface area contributed by atoms with Crippen molar-refractivity contribution in [1.29, 1.82) is 0 Å². The Kier molecular flexibility index (Phi) is 5.50. The van der Waals surface area contributed by atoms with Gasteiger partial charge in [0.15, 0.2) is 16.5 Å². The van der Waals surface area contributed by atoms with Gasteiger partial charge in [-0.1, -0.05) is 19.9 Å². The van der Waals surface area contributed by atoms with Crippen molar-refractivity contribution in [2.45, 2.75) is 56.1 Å². The monoisotopic (exact) mass is 429 g/mol. The fourth-order valence-corrected chi connectivity index (χ4v) is 4.94. The lowest BCUT2D eigenvalue weighted by Crippen LogP contribution is -2.37. The van der Waals surface area contributed by atoms with Crippen LogP contribution in [-0.2, 0) is 0 Å². The van der Waals surface area contributed by atoms with Crippen molar-refractivity contribution in [2.75, 3.05) is 0 Å². The summed E-state index contributed by atoms with van der Waals surface area (Å²) in [5.41, 5.74) is 3.19. The van der Waals surface area contributed by atoms with Crippen LogP contribution in [0, 0.1) is 0 Å². The quantitative estimate of drug-likeness (QED) is 0.544. The smallest absolute Gasteiger partial charge is 0.288 e. The largest absolute Gasteiger partial charge is 0.450 e. The third kappa shape index (κ3) is 4.10. The lowest BCUT2D eigenvalue weighted by atomic mass is 10.0. The normalized spacial score (nSPS) is 18.9. The van der Waals surface area contributed by atoms with Crippen LogP contribution in [0.2, 0.25) is 0 Å². The van der Waals surface area contributed by atoms with E-state index in [2.05, 4.69) is 35.9 Å². The molecule has 1 unspecified atom stereocenters. The summed E-state index contributed by atoms with van der Waals surface area (Å²) < 4.78 is 5.86. The number of hydrogen-bond acceptors (Lipinski definition) is 6. The molecular formula is C21H23N3O3S2. The van der Waals surface area contributed by atoms with Gasteiger partial charge in [0.2, 0.25) is 0 Å². The molecule has 2 N–H and O–H groups in total. The van der Waals surface area contributed by atoms with E-state index < -0.39 is 6.23 Å². The Morgan fingerprint density at radius 1 is 1.28 bits per heavy atom. The number of hydrogen-bond donors (Lipinski definition) is 2. The maximum Gasteiger partial charge on any atom is 0.288 e. The van der Waals surface area contributed by atoms with Crippen LogP contribution in [0.1, 0.15) is 44.9 Å². The molecule has 1 fully saturated rings. The van der Waals surface area contributed by atoms with Gasteiger partial charge in [0.1, 0.15) is 5.76 Å². The van der Waals surface area contributed by atoms with Crippen molar-refractivity contribution in [3.63, 3.8) is 0 Å². The Labute approximate surface area is 177 Å². The van der Waals surface area contributed by atoms with Gasteiger partial charge in [0.05, 0.1) is 11.0 Å². The Hall–Kier alpha value is -2.16. The minimum absolute atomic E-state index is 0.0667. The number of aliphatic hydroxyl groups is 1. The van der Waals surface area contributed by atoms with Crippen LogP contribution in [0.25, 0.3) is 17.1 Å². The van der Waals surface area contributed by atoms with Gasteiger partial charge >= 0.3 is 0 Å². The minimum Gasteiger partial charge on any atom is -0.450 e. The number of aromatic nitrogens is 2. The van der Waals surface area contributed by atoms with E-state index in [1.807, 2.05) is 32.0 Å². The Morgan fingerprint density at radius 2 is 2.07 bits per heavy atom. The molecule has 0 aliphatic carbocycles. The molecule has 0 spiro atoms. The Morgan fingerprint density at radius 3 is 2.76 bits per heavy atom. The maximum absolute atomic E-state index is 12.1. The van der Waals surface area contributed by atoms with Gasteiger partial charge in [-0.3, -0.25) is 4.79 Å². The van der Waals surface area contributed by atoms with Crippen LogP contribution in [0.4, 0.5) is 4.79 Å². The van der Waals surface area contributed by atoms with Crippen molar-refractivity contribution in [1.82, 2.24) is 14.9 Å². The first kappa shape index (κ1) is 20.1. The highest BCUT2D eigenvalue weighted by atomic mass is 32.2. The van der Waals surface area contributed by atoms with Crippen LogP contribution < -0.4 is 0 Å². The zero-order valence-electron chi connectivity index (χ0n) is 16.7. The number of benzene rings is 1. The second-order valence-electron chi connectivity index (χ2n) is 7.52. The molecule has 1 aliphatic heterocycles. The second-order valence-corrected chi connectivity index (χ2v) is 9.54. The number of fused-ring (bicyclic) bond motifs is 1. The third-order valence-electron chi connectivity index (χ3n) is 4.73. The van der Waals surface area contributed by atoms with Crippen molar-refractivity contribution in [3.8, 4) is 0 Å². The summed E-state index contributed by atoms with van der Waals surface area (Å²) in [5.74, 6) is 1.05. The molecule has 4 rings (SSSR count). The molecule has 3 aromatic rings. The number of carbonyl (C=O) groups excluding carboxylic acids is 1. The Bertz CT molecular complexity index is 1080. The fraction of sp³-hybridized carbons (Fsp3) is 0.333. The summed E-state index contributed by atoms with van der Waals surface area (Å²) in [6.07, 6.45) is 0.784. The first-order chi connectivity index (χ1) is 13.8. The third-order valence-corrected chi connectivity index (χ3v) is 6.48. The molecule has 0 bridgehead atoms. The van der Waals surface area contributed by atoms with E-state index in [9.17, 15) is 9.90 Å². The molecule has 6 nitrogen and oxygen atoms in total. The van der Waals surface area contributed by atoms with Gasteiger partial charge in [-0.15, -0.1) is 0 Å². The first-order valence-electron chi connectivity index (χ1n) is 9.49. The highest BCUT2D eigenvalue weighted by molar-refractivity contribution is 8.17. The molecule has 0 saturated carbocycles. The number of aromatic amines is 1. The van der Waals surface area contributed by atoms with Crippen LogP contribution in [0.3, 0.4) is 0 Å².